The first-order chi connectivity index (χ1) is 19.2. The Labute approximate surface area is 228 Å². The number of nitrogens with one attached hydrogen (secondary N) is 1. The van der Waals surface area contributed by atoms with Gasteiger partial charge in [0, 0.05) is 18.3 Å². The zero-order chi connectivity index (χ0) is 28.4. The molecule has 0 bridgehead atoms. The monoisotopic (exact) mass is 544 g/mol. The first-order valence-corrected chi connectivity index (χ1v) is 12.4. The quantitative estimate of drug-likeness (QED) is 0.286. The van der Waals surface area contributed by atoms with Gasteiger partial charge in [-0.25, -0.2) is 23.4 Å². The molecule has 40 heavy (non-hydrogen) atoms. The Kier molecular flexibility index (Phi) is 7.35. The number of anilines is 2. The number of likely N-dealkylation sites (N-methyl/N-ethyl adjacent to an activating group) is 1. The van der Waals surface area contributed by atoms with E-state index >= 15 is 0 Å². The number of pyridine rings is 1. The lowest BCUT2D eigenvalue weighted by Crippen LogP contribution is -2.19. The SMILES string of the molecule is Cc1ccc(Nc2cc3c(cc2OCCN(C)C)ncn3-c2ccc(C#N)c(-n3nc(C(F)F)cc3C)n2)nn1. The highest BCUT2D eigenvalue weighted by molar-refractivity contribution is 5.86. The molecule has 0 fully saturated rings. The van der Waals surface area contributed by atoms with Crippen LogP contribution < -0.4 is 10.1 Å². The van der Waals surface area contributed by atoms with Gasteiger partial charge in [-0.2, -0.15) is 15.5 Å². The van der Waals surface area contributed by atoms with E-state index in [2.05, 4.69) is 36.7 Å². The molecule has 0 amide bonds. The third-order valence-corrected chi connectivity index (χ3v) is 6.06. The molecule has 0 aliphatic heterocycles. The molecule has 5 rings (SSSR count). The number of fused-ring (bicyclic) bond motifs is 1. The minimum absolute atomic E-state index is 0.142. The van der Waals surface area contributed by atoms with Crippen molar-refractivity contribution in [1.29, 1.82) is 5.26 Å². The summed E-state index contributed by atoms with van der Waals surface area (Å²) in [5.41, 5.74) is 2.99. The number of alkyl halides is 2. The van der Waals surface area contributed by atoms with E-state index in [0.717, 1.165) is 5.69 Å². The van der Waals surface area contributed by atoms with Crippen LogP contribution in [-0.4, -0.2) is 66.7 Å². The van der Waals surface area contributed by atoms with Crippen LogP contribution in [0.3, 0.4) is 0 Å². The van der Waals surface area contributed by atoms with E-state index < -0.39 is 12.1 Å². The zero-order valence-corrected chi connectivity index (χ0v) is 22.3. The maximum Gasteiger partial charge on any atom is 0.282 e. The lowest BCUT2D eigenvalue weighted by Gasteiger charge is -2.16. The van der Waals surface area contributed by atoms with Gasteiger partial charge in [0.05, 0.1) is 28.0 Å². The van der Waals surface area contributed by atoms with Crippen molar-refractivity contribution in [3.05, 3.63) is 71.4 Å². The molecule has 1 N–H and O–H groups in total. The average molecular weight is 545 g/mol. The van der Waals surface area contributed by atoms with Gasteiger partial charge >= 0.3 is 0 Å². The summed E-state index contributed by atoms with van der Waals surface area (Å²) in [4.78, 5) is 11.2. The molecular formula is C27H26F2N10O. The second kappa shape index (κ2) is 11.0. The molecule has 0 atom stereocenters. The van der Waals surface area contributed by atoms with Gasteiger partial charge in [-0.3, -0.25) is 4.57 Å². The van der Waals surface area contributed by atoms with Crippen molar-refractivity contribution >= 4 is 22.5 Å². The predicted octanol–water partition coefficient (Wildman–Crippen LogP) is 4.51. The number of imidazole rings is 1. The molecule has 13 heteroatoms. The predicted molar refractivity (Wildman–Crippen MR) is 144 cm³/mol. The molecule has 0 spiro atoms. The molecule has 11 nitrogen and oxygen atoms in total. The van der Waals surface area contributed by atoms with Crippen LogP contribution in [-0.2, 0) is 0 Å². The Morgan fingerprint density at radius 1 is 1.10 bits per heavy atom. The van der Waals surface area contributed by atoms with Gasteiger partial charge in [-0.1, -0.05) is 0 Å². The van der Waals surface area contributed by atoms with Crippen molar-refractivity contribution in [2.45, 2.75) is 20.3 Å². The second-order valence-corrected chi connectivity index (χ2v) is 9.36. The van der Waals surface area contributed by atoms with E-state index in [4.69, 9.17) is 4.74 Å². The molecule has 0 aliphatic carbocycles. The van der Waals surface area contributed by atoms with Gasteiger partial charge in [-0.05, 0) is 64.3 Å². The lowest BCUT2D eigenvalue weighted by atomic mass is 10.2. The summed E-state index contributed by atoms with van der Waals surface area (Å²) in [6.07, 6.45) is -1.15. The highest BCUT2D eigenvalue weighted by Gasteiger charge is 2.19. The van der Waals surface area contributed by atoms with Crippen LogP contribution >= 0.6 is 0 Å². The maximum atomic E-state index is 13.3. The molecule has 1 aromatic carbocycles. The third-order valence-electron chi connectivity index (χ3n) is 6.06. The third kappa shape index (κ3) is 5.43. The fourth-order valence-corrected chi connectivity index (χ4v) is 4.02. The van der Waals surface area contributed by atoms with Crippen LogP contribution in [0.4, 0.5) is 20.3 Å². The molecule has 4 aromatic heterocycles. The van der Waals surface area contributed by atoms with Gasteiger partial charge in [0.25, 0.3) is 6.43 Å². The van der Waals surface area contributed by atoms with Crippen molar-refractivity contribution in [1.82, 2.24) is 39.4 Å². The second-order valence-electron chi connectivity index (χ2n) is 9.36. The fraction of sp³-hybridized carbons (Fsp3) is 0.259. The Hall–Kier alpha value is -4.96. The summed E-state index contributed by atoms with van der Waals surface area (Å²) in [5, 5.41) is 25.2. The van der Waals surface area contributed by atoms with Gasteiger partial charge in [-0.15, -0.1) is 5.10 Å². The zero-order valence-electron chi connectivity index (χ0n) is 22.3. The summed E-state index contributed by atoms with van der Waals surface area (Å²) >= 11 is 0. The summed E-state index contributed by atoms with van der Waals surface area (Å²) in [7, 11) is 3.93. The number of hydrogen-bond acceptors (Lipinski definition) is 9. The number of aromatic nitrogens is 7. The summed E-state index contributed by atoms with van der Waals surface area (Å²) in [6.45, 7) is 4.66. The van der Waals surface area contributed by atoms with Crippen LogP contribution in [0.5, 0.6) is 5.75 Å². The standard InChI is InChI=1S/C27H26F2N10O/c1-16-5-7-24(35-34-16)32-20-12-22-19(13-23(20)40-10-9-37(3)4)31-15-38(22)25-8-6-18(14-30)27(33-25)39-17(2)11-21(36-39)26(28)29/h5-8,11-13,15,26H,9-10H2,1-4H3,(H,32,35). The Morgan fingerprint density at radius 2 is 1.93 bits per heavy atom. The molecular weight excluding hydrogens is 518 g/mol. The van der Waals surface area contributed by atoms with Crippen LogP contribution in [0.2, 0.25) is 0 Å². The number of nitrogens with zero attached hydrogens (tertiary/aromatic N) is 9. The number of benzene rings is 1. The number of aryl methyl sites for hydroxylation is 2. The highest BCUT2D eigenvalue weighted by atomic mass is 19.3. The van der Waals surface area contributed by atoms with Crippen LogP contribution in [0.15, 0.2) is 48.8 Å². The number of nitriles is 1. The van der Waals surface area contributed by atoms with E-state index in [-0.39, 0.29) is 11.4 Å². The number of hydrogen-bond donors (Lipinski definition) is 1. The number of halogens is 2. The normalized spacial score (nSPS) is 11.4. The van der Waals surface area contributed by atoms with E-state index in [1.807, 2.05) is 50.2 Å². The van der Waals surface area contributed by atoms with Crippen molar-refractivity contribution in [3.8, 4) is 23.5 Å². The van der Waals surface area contributed by atoms with E-state index in [1.165, 1.54) is 10.7 Å². The maximum absolute atomic E-state index is 13.3. The molecule has 204 valence electrons. The first-order valence-electron chi connectivity index (χ1n) is 12.4. The van der Waals surface area contributed by atoms with Crippen LogP contribution in [0, 0.1) is 25.2 Å². The summed E-state index contributed by atoms with van der Waals surface area (Å²) < 4.78 is 35.7. The Balaban J connectivity index is 1.59. The molecule has 0 saturated carbocycles. The molecule has 4 heterocycles. The Morgan fingerprint density at radius 3 is 2.60 bits per heavy atom. The topological polar surface area (TPSA) is 123 Å². The largest absolute Gasteiger partial charge is 0.490 e. The van der Waals surface area contributed by atoms with E-state index in [9.17, 15) is 14.0 Å². The summed E-state index contributed by atoms with van der Waals surface area (Å²) in [5.74, 6) is 1.69. The molecule has 5 aromatic rings. The first kappa shape index (κ1) is 26.6. The van der Waals surface area contributed by atoms with Crippen molar-refractivity contribution in [2.75, 3.05) is 32.6 Å². The Bertz CT molecular complexity index is 1700. The van der Waals surface area contributed by atoms with Crippen molar-refractivity contribution in [3.63, 3.8) is 0 Å². The summed E-state index contributed by atoms with van der Waals surface area (Å²) in [6, 6.07) is 13.9. The van der Waals surface area contributed by atoms with Gasteiger partial charge in [0.2, 0.25) is 0 Å². The van der Waals surface area contributed by atoms with E-state index in [1.54, 1.807) is 30.0 Å². The molecule has 0 radical (unpaired) electrons. The number of rotatable bonds is 9. The lowest BCUT2D eigenvalue weighted by molar-refractivity contribution is 0.145. The molecule has 0 aliphatic rings. The minimum Gasteiger partial charge on any atom is -0.490 e. The van der Waals surface area contributed by atoms with Gasteiger partial charge < -0.3 is 15.0 Å². The van der Waals surface area contributed by atoms with Crippen molar-refractivity contribution in [2.24, 2.45) is 0 Å². The van der Waals surface area contributed by atoms with E-state index in [0.29, 0.717) is 53.0 Å². The highest BCUT2D eigenvalue weighted by Crippen LogP contribution is 2.33. The van der Waals surface area contributed by atoms with Gasteiger partial charge in [0.1, 0.15) is 36.3 Å². The van der Waals surface area contributed by atoms with Gasteiger partial charge in [0.15, 0.2) is 11.6 Å². The average Bonchev–Trinajstić information content (AvgIpc) is 3.52. The molecule has 0 unspecified atom stereocenters. The molecule has 0 saturated heterocycles. The van der Waals surface area contributed by atoms with Crippen LogP contribution in [0.1, 0.15) is 29.1 Å². The smallest absolute Gasteiger partial charge is 0.282 e. The minimum atomic E-state index is -2.75. The fourth-order valence-electron chi connectivity index (χ4n) is 4.02. The van der Waals surface area contributed by atoms with Crippen LogP contribution in [0.25, 0.3) is 22.7 Å². The number of ether oxygens (including phenoxy) is 1. The van der Waals surface area contributed by atoms with Crippen molar-refractivity contribution < 1.29 is 13.5 Å².